The summed E-state index contributed by atoms with van der Waals surface area (Å²) in [4.78, 5) is 0. The van der Waals surface area contributed by atoms with Crippen molar-refractivity contribution < 1.29 is 5.11 Å². The third-order valence-electron chi connectivity index (χ3n) is 4.52. The van der Waals surface area contributed by atoms with Gasteiger partial charge in [-0.1, -0.05) is 13.0 Å². The molecule has 0 spiro atoms. The molecule has 3 unspecified atom stereocenters. The van der Waals surface area contributed by atoms with Crippen LogP contribution >= 0.6 is 11.3 Å². The van der Waals surface area contributed by atoms with Gasteiger partial charge in [-0.3, -0.25) is 0 Å². The first-order chi connectivity index (χ1) is 10.1. The van der Waals surface area contributed by atoms with Crippen LogP contribution in [-0.2, 0) is 6.42 Å². The molecule has 112 valence electrons. The van der Waals surface area contributed by atoms with E-state index in [1.165, 1.54) is 16.7 Å². The number of thiophene rings is 1. The van der Waals surface area contributed by atoms with Crippen LogP contribution in [0.3, 0.4) is 0 Å². The van der Waals surface area contributed by atoms with Crippen molar-refractivity contribution in [1.29, 1.82) is 0 Å². The number of hydrogen-bond donors (Lipinski definition) is 2. The second-order valence-electron chi connectivity index (χ2n) is 6.32. The lowest BCUT2D eigenvalue weighted by molar-refractivity contribution is 0.416. The summed E-state index contributed by atoms with van der Waals surface area (Å²) in [6.45, 7) is 6.63. The van der Waals surface area contributed by atoms with Gasteiger partial charge in [0.15, 0.2) is 0 Å². The van der Waals surface area contributed by atoms with E-state index in [4.69, 9.17) is 0 Å². The summed E-state index contributed by atoms with van der Waals surface area (Å²) in [6.07, 6.45) is 2.11. The standard InChI is InChI=1S/C18H23NOS/c1-11-4-5-16(20)18-15(8-12(2)17(11)18)19-13(3)9-14-6-7-21-10-14/h4-7,10,12-13,15,19-20H,8-9H2,1-3H3. The largest absolute Gasteiger partial charge is 0.508 e. The Morgan fingerprint density at radius 1 is 1.33 bits per heavy atom. The van der Waals surface area contributed by atoms with Gasteiger partial charge in [0.25, 0.3) is 0 Å². The van der Waals surface area contributed by atoms with Crippen molar-refractivity contribution in [3.8, 4) is 5.75 Å². The first-order valence-corrected chi connectivity index (χ1v) is 8.60. The third kappa shape index (κ3) is 2.85. The molecule has 3 heteroatoms. The van der Waals surface area contributed by atoms with Crippen LogP contribution in [0.5, 0.6) is 5.75 Å². The van der Waals surface area contributed by atoms with E-state index in [1.807, 2.05) is 12.1 Å². The summed E-state index contributed by atoms with van der Waals surface area (Å²) in [5.41, 5.74) is 5.15. The molecule has 2 aromatic rings. The number of phenols is 1. The summed E-state index contributed by atoms with van der Waals surface area (Å²) < 4.78 is 0. The fourth-order valence-electron chi connectivity index (χ4n) is 3.66. The molecule has 3 rings (SSSR count). The number of nitrogens with one attached hydrogen (secondary N) is 1. The molecule has 0 bridgehead atoms. The fourth-order valence-corrected chi connectivity index (χ4v) is 4.34. The monoisotopic (exact) mass is 301 g/mol. The lowest BCUT2D eigenvalue weighted by atomic mass is 9.97. The molecule has 1 aromatic heterocycles. The number of aromatic hydroxyl groups is 1. The van der Waals surface area contributed by atoms with Gasteiger partial charge in [-0.25, -0.2) is 0 Å². The predicted octanol–water partition coefficient (Wildman–Crippen LogP) is 4.53. The number of hydrogen-bond acceptors (Lipinski definition) is 3. The molecule has 1 heterocycles. The first-order valence-electron chi connectivity index (χ1n) is 7.65. The van der Waals surface area contributed by atoms with Crippen molar-refractivity contribution in [1.82, 2.24) is 5.32 Å². The smallest absolute Gasteiger partial charge is 0.120 e. The zero-order valence-electron chi connectivity index (χ0n) is 12.9. The Labute approximate surface area is 130 Å². The highest BCUT2D eigenvalue weighted by Gasteiger charge is 2.32. The van der Waals surface area contributed by atoms with Crippen LogP contribution in [0.15, 0.2) is 29.0 Å². The predicted molar refractivity (Wildman–Crippen MR) is 89.2 cm³/mol. The van der Waals surface area contributed by atoms with Crippen molar-refractivity contribution in [2.24, 2.45) is 0 Å². The van der Waals surface area contributed by atoms with E-state index >= 15 is 0 Å². The van der Waals surface area contributed by atoms with Gasteiger partial charge in [-0.15, -0.1) is 0 Å². The van der Waals surface area contributed by atoms with E-state index in [9.17, 15) is 5.11 Å². The average molecular weight is 301 g/mol. The lowest BCUT2D eigenvalue weighted by Crippen LogP contribution is -2.31. The topological polar surface area (TPSA) is 32.3 Å². The summed E-state index contributed by atoms with van der Waals surface area (Å²) in [6, 6.07) is 6.73. The van der Waals surface area contributed by atoms with Gasteiger partial charge >= 0.3 is 0 Å². The minimum absolute atomic E-state index is 0.267. The molecule has 3 atom stereocenters. The quantitative estimate of drug-likeness (QED) is 0.869. The number of benzene rings is 1. The molecule has 21 heavy (non-hydrogen) atoms. The van der Waals surface area contributed by atoms with Crippen LogP contribution in [0, 0.1) is 6.92 Å². The van der Waals surface area contributed by atoms with Gasteiger partial charge in [-0.2, -0.15) is 11.3 Å². The maximum absolute atomic E-state index is 10.3. The molecule has 0 saturated carbocycles. The minimum atomic E-state index is 0.267. The lowest BCUT2D eigenvalue weighted by Gasteiger charge is -2.21. The van der Waals surface area contributed by atoms with E-state index in [0.717, 1.165) is 18.4 Å². The van der Waals surface area contributed by atoms with Gasteiger partial charge in [0.05, 0.1) is 0 Å². The SMILES string of the molecule is Cc1ccc(O)c2c1C(C)CC2NC(C)Cc1ccsc1. The highest BCUT2D eigenvalue weighted by molar-refractivity contribution is 7.07. The van der Waals surface area contributed by atoms with E-state index in [-0.39, 0.29) is 6.04 Å². The van der Waals surface area contributed by atoms with E-state index in [2.05, 4.69) is 42.9 Å². The van der Waals surface area contributed by atoms with Gasteiger partial charge in [0.2, 0.25) is 0 Å². The molecule has 0 amide bonds. The Bertz CT molecular complexity index is 620. The van der Waals surface area contributed by atoms with Gasteiger partial charge in [-0.05, 0) is 72.2 Å². The third-order valence-corrected chi connectivity index (χ3v) is 5.25. The molecule has 2 N–H and O–H groups in total. The molecule has 0 radical (unpaired) electrons. The molecule has 0 fully saturated rings. The van der Waals surface area contributed by atoms with E-state index in [1.54, 1.807) is 11.3 Å². The van der Waals surface area contributed by atoms with Gasteiger partial charge in [0, 0.05) is 17.6 Å². The number of rotatable bonds is 4. The molecule has 2 nitrogen and oxygen atoms in total. The summed E-state index contributed by atoms with van der Waals surface area (Å²) in [7, 11) is 0. The van der Waals surface area contributed by atoms with Crippen LogP contribution in [0.1, 0.15) is 54.5 Å². The molecule has 1 aliphatic carbocycles. The summed E-state index contributed by atoms with van der Waals surface area (Å²) >= 11 is 1.75. The Morgan fingerprint density at radius 2 is 2.14 bits per heavy atom. The van der Waals surface area contributed by atoms with Crippen LogP contribution in [0.4, 0.5) is 0 Å². The number of fused-ring (bicyclic) bond motifs is 1. The molecule has 0 saturated heterocycles. The molecule has 0 aliphatic heterocycles. The van der Waals surface area contributed by atoms with Crippen molar-refractivity contribution in [2.75, 3.05) is 0 Å². The number of aryl methyl sites for hydroxylation is 1. The van der Waals surface area contributed by atoms with Gasteiger partial charge < -0.3 is 10.4 Å². The van der Waals surface area contributed by atoms with E-state index < -0.39 is 0 Å². The second-order valence-corrected chi connectivity index (χ2v) is 7.10. The van der Waals surface area contributed by atoms with E-state index in [0.29, 0.717) is 17.7 Å². The molecule has 1 aromatic carbocycles. The minimum Gasteiger partial charge on any atom is -0.508 e. The van der Waals surface area contributed by atoms with Crippen molar-refractivity contribution in [3.63, 3.8) is 0 Å². The van der Waals surface area contributed by atoms with Crippen molar-refractivity contribution in [3.05, 3.63) is 51.2 Å². The zero-order valence-corrected chi connectivity index (χ0v) is 13.7. The van der Waals surface area contributed by atoms with Crippen LogP contribution in [-0.4, -0.2) is 11.1 Å². The Kier molecular flexibility index (Phi) is 4.05. The maximum atomic E-state index is 10.3. The maximum Gasteiger partial charge on any atom is 0.120 e. The Hall–Kier alpha value is -1.32. The van der Waals surface area contributed by atoms with Crippen LogP contribution in [0.2, 0.25) is 0 Å². The molecular weight excluding hydrogens is 278 g/mol. The van der Waals surface area contributed by atoms with Gasteiger partial charge in [0.1, 0.15) is 5.75 Å². The normalized spacial score (nSPS) is 22.2. The average Bonchev–Trinajstić information content (AvgIpc) is 3.03. The second kappa shape index (κ2) is 5.82. The Morgan fingerprint density at radius 3 is 2.86 bits per heavy atom. The van der Waals surface area contributed by atoms with Crippen LogP contribution < -0.4 is 5.32 Å². The van der Waals surface area contributed by atoms with Crippen LogP contribution in [0.25, 0.3) is 0 Å². The van der Waals surface area contributed by atoms with Crippen molar-refractivity contribution in [2.45, 2.75) is 51.6 Å². The Balaban J connectivity index is 1.78. The fraction of sp³-hybridized carbons (Fsp3) is 0.444. The highest BCUT2D eigenvalue weighted by Crippen LogP contribution is 2.46. The summed E-state index contributed by atoms with van der Waals surface area (Å²) in [5, 5.41) is 18.3. The number of phenolic OH excluding ortho intramolecular Hbond substituents is 1. The summed E-state index contributed by atoms with van der Waals surface area (Å²) in [5.74, 6) is 0.957. The highest BCUT2D eigenvalue weighted by atomic mass is 32.1. The molecule has 1 aliphatic rings. The van der Waals surface area contributed by atoms with Crippen molar-refractivity contribution >= 4 is 11.3 Å². The molecular formula is C18H23NOS. The first kappa shape index (κ1) is 14.6. The zero-order chi connectivity index (χ0) is 15.0.